The standard InChI is InChI=1S/C31H34FN3O2S/c32-28-20-29(26(22-14-15-22)19-27(28)31(36)33-38-35-17-8-18-35)37-25-13-7-16-34(21-25)30(23-9-3-1-4-10-23)24-11-5-2-6-12-24/h1-6,9-12,19-20,22,25,30H,7-8,13-18,21H2,(H,33,36)/t25-/m1/s1. The van der Waals surface area contributed by atoms with E-state index in [1.165, 1.54) is 29.3 Å². The summed E-state index contributed by atoms with van der Waals surface area (Å²) in [6, 6.07) is 24.5. The second-order valence-electron chi connectivity index (χ2n) is 10.6. The lowest BCUT2D eigenvalue weighted by Crippen LogP contribution is -2.43. The van der Waals surface area contributed by atoms with Gasteiger partial charge in [0.05, 0.1) is 11.6 Å². The highest BCUT2D eigenvalue weighted by atomic mass is 32.2. The number of carbonyl (C=O) groups is 1. The maximum atomic E-state index is 15.2. The number of hydrogen-bond donors (Lipinski definition) is 1. The van der Waals surface area contributed by atoms with Crippen molar-refractivity contribution in [2.24, 2.45) is 0 Å². The molecule has 5 nitrogen and oxygen atoms in total. The number of piperidine rings is 1. The van der Waals surface area contributed by atoms with E-state index in [1.807, 2.05) is 0 Å². The number of ether oxygens (including phenoxy) is 1. The van der Waals surface area contributed by atoms with Gasteiger partial charge in [-0.15, -0.1) is 0 Å². The van der Waals surface area contributed by atoms with Crippen LogP contribution in [0.25, 0.3) is 0 Å². The van der Waals surface area contributed by atoms with Gasteiger partial charge in [0.15, 0.2) is 0 Å². The quantitative estimate of drug-likeness (QED) is 0.327. The van der Waals surface area contributed by atoms with Crippen LogP contribution in [0.4, 0.5) is 4.39 Å². The molecule has 3 fully saturated rings. The molecule has 1 N–H and O–H groups in total. The van der Waals surface area contributed by atoms with Gasteiger partial charge in [0, 0.05) is 37.8 Å². The van der Waals surface area contributed by atoms with E-state index in [0.29, 0.717) is 11.7 Å². The molecule has 38 heavy (non-hydrogen) atoms. The fourth-order valence-corrected chi connectivity index (χ4v) is 6.22. The zero-order valence-electron chi connectivity index (χ0n) is 21.5. The summed E-state index contributed by atoms with van der Waals surface area (Å²) < 4.78 is 26.6. The van der Waals surface area contributed by atoms with E-state index in [9.17, 15) is 4.79 Å². The summed E-state index contributed by atoms with van der Waals surface area (Å²) >= 11 is 1.27. The molecule has 6 rings (SSSR count). The molecule has 0 bridgehead atoms. The Labute approximate surface area is 228 Å². The third kappa shape index (κ3) is 5.75. The summed E-state index contributed by atoms with van der Waals surface area (Å²) in [5.74, 6) is 0.0245. The molecule has 1 saturated carbocycles. The normalized spacial score (nSPS) is 20.2. The van der Waals surface area contributed by atoms with Gasteiger partial charge < -0.3 is 4.74 Å². The second kappa shape index (κ2) is 11.5. The van der Waals surface area contributed by atoms with E-state index in [2.05, 4.69) is 74.6 Å². The lowest BCUT2D eigenvalue weighted by Gasteiger charge is -2.39. The van der Waals surface area contributed by atoms with Crippen molar-refractivity contribution in [1.82, 2.24) is 13.9 Å². The molecule has 0 unspecified atom stereocenters. The molecule has 0 aromatic heterocycles. The Bertz CT molecular complexity index is 1210. The Kier molecular flexibility index (Phi) is 7.68. The van der Waals surface area contributed by atoms with Crippen LogP contribution >= 0.6 is 12.1 Å². The molecule has 1 aliphatic carbocycles. The Morgan fingerprint density at radius 2 is 1.61 bits per heavy atom. The van der Waals surface area contributed by atoms with E-state index in [-0.39, 0.29) is 23.6 Å². The minimum Gasteiger partial charge on any atom is -0.489 e. The van der Waals surface area contributed by atoms with E-state index < -0.39 is 5.82 Å². The van der Waals surface area contributed by atoms with Gasteiger partial charge in [0.25, 0.3) is 5.91 Å². The monoisotopic (exact) mass is 531 g/mol. The molecule has 3 aliphatic rings. The molecule has 198 valence electrons. The molecule has 0 spiro atoms. The molecular weight excluding hydrogens is 497 g/mol. The minimum atomic E-state index is -0.523. The molecule has 3 aromatic rings. The maximum absolute atomic E-state index is 15.2. The highest BCUT2D eigenvalue weighted by molar-refractivity contribution is 7.95. The van der Waals surface area contributed by atoms with E-state index >= 15 is 4.39 Å². The summed E-state index contributed by atoms with van der Waals surface area (Å²) in [5, 5.41) is 0. The number of carbonyl (C=O) groups excluding carboxylic acids is 1. The summed E-state index contributed by atoms with van der Waals surface area (Å²) in [7, 11) is 0. The Balaban J connectivity index is 1.21. The maximum Gasteiger partial charge on any atom is 0.265 e. The molecule has 2 aliphatic heterocycles. The van der Waals surface area contributed by atoms with Crippen LogP contribution in [0, 0.1) is 5.82 Å². The first kappa shape index (κ1) is 25.4. The fourth-order valence-electron chi connectivity index (χ4n) is 5.46. The highest BCUT2D eigenvalue weighted by Gasteiger charge is 2.33. The van der Waals surface area contributed by atoms with Crippen LogP contribution in [-0.4, -0.2) is 47.4 Å². The van der Waals surface area contributed by atoms with Gasteiger partial charge in [-0.1, -0.05) is 60.7 Å². The van der Waals surface area contributed by atoms with Gasteiger partial charge in [-0.25, -0.2) is 8.70 Å². The zero-order chi connectivity index (χ0) is 25.9. The smallest absolute Gasteiger partial charge is 0.265 e. The predicted molar refractivity (Wildman–Crippen MR) is 150 cm³/mol. The van der Waals surface area contributed by atoms with E-state index in [0.717, 1.165) is 63.8 Å². The molecule has 1 atom stereocenters. The number of hydrogen-bond acceptors (Lipinski definition) is 5. The summed E-state index contributed by atoms with van der Waals surface area (Å²) in [4.78, 5) is 15.2. The Hall–Kier alpha value is -2.87. The molecule has 2 heterocycles. The largest absolute Gasteiger partial charge is 0.489 e. The van der Waals surface area contributed by atoms with Gasteiger partial charge >= 0.3 is 0 Å². The lowest BCUT2D eigenvalue weighted by molar-refractivity contribution is 0.0703. The van der Waals surface area contributed by atoms with Gasteiger partial charge in [-0.05, 0) is 67.3 Å². The number of halogens is 1. The first-order valence-corrected chi connectivity index (χ1v) is 14.5. The molecule has 1 amide bonds. The second-order valence-corrected chi connectivity index (χ2v) is 11.5. The third-order valence-electron chi connectivity index (χ3n) is 7.74. The zero-order valence-corrected chi connectivity index (χ0v) is 22.3. The number of amides is 1. The van der Waals surface area contributed by atoms with Crippen molar-refractivity contribution in [1.29, 1.82) is 0 Å². The number of nitrogens with one attached hydrogen (secondary N) is 1. The van der Waals surface area contributed by atoms with E-state index in [4.69, 9.17) is 4.74 Å². The third-order valence-corrected chi connectivity index (χ3v) is 8.64. The van der Waals surface area contributed by atoms with Crippen LogP contribution in [0.5, 0.6) is 5.75 Å². The van der Waals surface area contributed by atoms with E-state index in [1.54, 1.807) is 6.07 Å². The van der Waals surface area contributed by atoms with Gasteiger partial charge in [-0.2, -0.15) is 0 Å². The van der Waals surface area contributed by atoms with Crippen molar-refractivity contribution >= 4 is 18.0 Å². The SMILES string of the molecule is O=C(NSN1CCC1)c1cc(C2CC2)c(O[C@@H]2CCCN(C(c3ccccc3)c3ccccc3)C2)cc1F. The summed E-state index contributed by atoms with van der Waals surface area (Å²) in [6.45, 7) is 3.63. The molecule has 3 aromatic carbocycles. The first-order valence-electron chi connectivity index (χ1n) is 13.7. The van der Waals surface area contributed by atoms with Gasteiger partial charge in [-0.3, -0.25) is 14.4 Å². The average Bonchev–Trinajstić information content (AvgIpc) is 3.75. The molecular formula is C31H34FN3O2S. The van der Waals surface area contributed by atoms with Crippen LogP contribution < -0.4 is 9.46 Å². The Morgan fingerprint density at radius 3 is 2.21 bits per heavy atom. The van der Waals surface area contributed by atoms with Crippen molar-refractivity contribution in [2.75, 3.05) is 26.2 Å². The lowest BCUT2D eigenvalue weighted by atomic mass is 9.94. The molecule has 0 radical (unpaired) electrons. The van der Waals surface area contributed by atoms with Crippen LogP contribution in [0.1, 0.15) is 71.1 Å². The molecule has 2 saturated heterocycles. The highest BCUT2D eigenvalue weighted by Crippen LogP contribution is 2.46. The fraction of sp³-hybridized carbons (Fsp3) is 0.387. The summed E-state index contributed by atoms with van der Waals surface area (Å²) in [5.41, 5.74) is 3.59. The van der Waals surface area contributed by atoms with Crippen LogP contribution in [0.2, 0.25) is 0 Å². The van der Waals surface area contributed by atoms with Crippen molar-refractivity contribution in [3.8, 4) is 5.75 Å². The topological polar surface area (TPSA) is 44.8 Å². The number of rotatable bonds is 9. The average molecular weight is 532 g/mol. The number of likely N-dealkylation sites (tertiary alicyclic amines) is 1. The predicted octanol–water partition coefficient (Wildman–Crippen LogP) is 6.33. The minimum absolute atomic E-state index is 0.0442. The van der Waals surface area contributed by atoms with Crippen LogP contribution in [-0.2, 0) is 0 Å². The number of nitrogens with zero attached hydrogens (tertiary/aromatic N) is 2. The van der Waals surface area contributed by atoms with Crippen molar-refractivity contribution in [3.63, 3.8) is 0 Å². The molecule has 7 heteroatoms. The van der Waals surface area contributed by atoms with Crippen LogP contribution in [0.3, 0.4) is 0 Å². The Morgan fingerprint density at radius 1 is 0.921 bits per heavy atom. The van der Waals surface area contributed by atoms with Crippen molar-refractivity contribution in [2.45, 2.75) is 50.2 Å². The van der Waals surface area contributed by atoms with Crippen molar-refractivity contribution < 1.29 is 13.9 Å². The van der Waals surface area contributed by atoms with Gasteiger partial charge in [0.2, 0.25) is 0 Å². The summed E-state index contributed by atoms with van der Waals surface area (Å²) in [6.07, 6.45) is 5.12. The first-order chi connectivity index (χ1) is 18.7. The van der Waals surface area contributed by atoms with Gasteiger partial charge in [0.1, 0.15) is 17.7 Å². The van der Waals surface area contributed by atoms with Crippen molar-refractivity contribution in [3.05, 3.63) is 101 Å². The van der Waals surface area contributed by atoms with Crippen LogP contribution in [0.15, 0.2) is 72.8 Å². The number of benzene rings is 3.